The molecule has 1 N–H and O–H groups in total. The van der Waals surface area contributed by atoms with Gasteiger partial charge in [0.25, 0.3) is 0 Å². The molecule has 1 unspecified atom stereocenters. The molecule has 4 heteroatoms. The molecule has 0 aliphatic carbocycles. The number of halogens is 3. The molecule has 1 atom stereocenters. The van der Waals surface area contributed by atoms with E-state index in [0.29, 0.717) is 17.1 Å². The molecular formula is C16H16ClF2N. The highest BCUT2D eigenvalue weighted by molar-refractivity contribution is 6.31. The van der Waals surface area contributed by atoms with E-state index in [1.165, 1.54) is 18.2 Å². The number of nitrogens with one attached hydrogen (secondary N) is 1. The summed E-state index contributed by atoms with van der Waals surface area (Å²) < 4.78 is 27.4. The van der Waals surface area contributed by atoms with E-state index in [2.05, 4.69) is 5.32 Å². The summed E-state index contributed by atoms with van der Waals surface area (Å²) in [6.07, 6.45) is 0. The van der Waals surface area contributed by atoms with Gasteiger partial charge in [-0.05, 0) is 48.9 Å². The summed E-state index contributed by atoms with van der Waals surface area (Å²) in [5.41, 5.74) is 1.97. The number of aryl methyl sites for hydroxylation is 1. The molecule has 1 nitrogen and oxygen atoms in total. The van der Waals surface area contributed by atoms with Crippen LogP contribution in [0.25, 0.3) is 0 Å². The molecule has 20 heavy (non-hydrogen) atoms. The number of hydrogen-bond donors (Lipinski definition) is 1. The van der Waals surface area contributed by atoms with Gasteiger partial charge in [0.1, 0.15) is 11.6 Å². The zero-order valence-electron chi connectivity index (χ0n) is 11.4. The van der Waals surface area contributed by atoms with Crippen LogP contribution in [0, 0.1) is 18.6 Å². The molecule has 0 aromatic heterocycles. The third-order valence-electron chi connectivity index (χ3n) is 3.24. The fourth-order valence-corrected chi connectivity index (χ4v) is 2.59. The minimum atomic E-state index is -0.394. The first-order chi connectivity index (χ1) is 9.54. The van der Waals surface area contributed by atoms with Gasteiger partial charge in [-0.15, -0.1) is 0 Å². The minimum Gasteiger partial charge on any atom is -0.306 e. The number of rotatable bonds is 4. The highest BCUT2D eigenvalue weighted by Gasteiger charge is 2.21. The van der Waals surface area contributed by atoms with Gasteiger partial charge in [-0.3, -0.25) is 0 Å². The molecule has 0 saturated carbocycles. The van der Waals surface area contributed by atoms with E-state index < -0.39 is 6.04 Å². The Kier molecular flexibility index (Phi) is 4.73. The van der Waals surface area contributed by atoms with E-state index >= 15 is 0 Å². The van der Waals surface area contributed by atoms with Crippen molar-refractivity contribution in [3.63, 3.8) is 0 Å². The maximum atomic E-state index is 14.1. The van der Waals surface area contributed by atoms with Crippen molar-refractivity contribution in [2.45, 2.75) is 19.9 Å². The van der Waals surface area contributed by atoms with Crippen LogP contribution in [-0.2, 0) is 0 Å². The van der Waals surface area contributed by atoms with Crippen LogP contribution < -0.4 is 5.32 Å². The van der Waals surface area contributed by atoms with Crippen molar-refractivity contribution in [2.24, 2.45) is 0 Å². The molecule has 0 heterocycles. The summed E-state index contributed by atoms with van der Waals surface area (Å²) in [6.45, 7) is 4.38. The predicted molar refractivity (Wildman–Crippen MR) is 78.1 cm³/mol. The molecule has 2 aromatic carbocycles. The molecule has 0 radical (unpaired) electrons. The van der Waals surface area contributed by atoms with Crippen molar-refractivity contribution in [2.75, 3.05) is 6.54 Å². The Balaban J connectivity index is 2.56. The summed E-state index contributed by atoms with van der Waals surface area (Å²) in [7, 11) is 0. The van der Waals surface area contributed by atoms with Crippen LogP contribution in [0.5, 0.6) is 0 Å². The summed E-state index contributed by atoms with van der Waals surface area (Å²) in [5.74, 6) is -0.673. The van der Waals surface area contributed by atoms with E-state index in [0.717, 1.165) is 11.1 Å². The molecule has 2 rings (SSSR count). The van der Waals surface area contributed by atoms with Gasteiger partial charge in [-0.1, -0.05) is 30.7 Å². The maximum absolute atomic E-state index is 14.1. The monoisotopic (exact) mass is 295 g/mol. The van der Waals surface area contributed by atoms with Crippen LogP contribution in [0.1, 0.15) is 29.7 Å². The van der Waals surface area contributed by atoms with E-state index in [-0.39, 0.29) is 11.6 Å². The van der Waals surface area contributed by atoms with E-state index in [1.54, 1.807) is 25.1 Å². The zero-order valence-corrected chi connectivity index (χ0v) is 12.1. The lowest BCUT2D eigenvalue weighted by atomic mass is 9.94. The van der Waals surface area contributed by atoms with Crippen LogP contribution in [0.4, 0.5) is 8.78 Å². The third kappa shape index (κ3) is 3.00. The van der Waals surface area contributed by atoms with Gasteiger partial charge in [0.15, 0.2) is 0 Å². The first-order valence-corrected chi connectivity index (χ1v) is 6.85. The summed E-state index contributed by atoms with van der Waals surface area (Å²) in [6, 6.07) is 8.69. The molecular weight excluding hydrogens is 280 g/mol. The van der Waals surface area contributed by atoms with Crippen molar-refractivity contribution >= 4 is 11.6 Å². The van der Waals surface area contributed by atoms with Crippen LogP contribution in [-0.4, -0.2) is 6.54 Å². The van der Waals surface area contributed by atoms with Gasteiger partial charge in [0.05, 0.1) is 6.04 Å². The molecule has 0 fully saturated rings. The second kappa shape index (κ2) is 6.33. The Morgan fingerprint density at radius 3 is 2.55 bits per heavy atom. The Labute approximate surface area is 122 Å². The average Bonchev–Trinajstić information content (AvgIpc) is 2.38. The maximum Gasteiger partial charge on any atom is 0.129 e. The Bertz CT molecular complexity index is 593. The summed E-state index contributed by atoms with van der Waals surface area (Å²) >= 11 is 6.14. The van der Waals surface area contributed by atoms with Gasteiger partial charge >= 0.3 is 0 Å². The molecule has 106 valence electrons. The molecule has 0 saturated heterocycles. The predicted octanol–water partition coefficient (Wildman–Crippen LogP) is 4.63. The largest absolute Gasteiger partial charge is 0.306 e. The molecule has 2 aromatic rings. The van der Waals surface area contributed by atoms with Gasteiger partial charge in [-0.25, -0.2) is 8.78 Å². The molecule has 0 aliphatic heterocycles. The van der Waals surface area contributed by atoms with Crippen molar-refractivity contribution in [3.8, 4) is 0 Å². The lowest BCUT2D eigenvalue weighted by molar-refractivity contribution is 0.556. The Morgan fingerprint density at radius 2 is 1.95 bits per heavy atom. The quantitative estimate of drug-likeness (QED) is 0.867. The van der Waals surface area contributed by atoms with E-state index in [9.17, 15) is 8.78 Å². The van der Waals surface area contributed by atoms with Gasteiger partial charge in [-0.2, -0.15) is 0 Å². The number of benzene rings is 2. The second-order valence-electron chi connectivity index (χ2n) is 4.63. The number of hydrogen-bond acceptors (Lipinski definition) is 1. The zero-order chi connectivity index (χ0) is 14.7. The van der Waals surface area contributed by atoms with E-state index in [1.807, 2.05) is 6.92 Å². The summed E-state index contributed by atoms with van der Waals surface area (Å²) in [4.78, 5) is 0. The smallest absolute Gasteiger partial charge is 0.129 e. The van der Waals surface area contributed by atoms with Crippen molar-refractivity contribution in [1.29, 1.82) is 0 Å². The van der Waals surface area contributed by atoms with Crippen molar-refractivity contribution in [1.82, 2.24) is 5.32 Å². The highest BCUT2D eigenvalue weighted by Crippen LogP contribution is 2.32. The van der Waals surface area contributed by atoms with Crippen LogP contribution in [0.15, 0.2) is 36.4 Å². The van der Waals surface area contributed by atoms with Gasteiger partial charge < -0.3 is 5.32 Å². The van der Waals surface area contributed by atoms with Crippen molar-refractivity contribution in [3.05, 3.63) is 69.7 Å². The van der Waals surface area contributed by atoms with Crippen LogP contribution in [0.3, 0.4) is 0 Å². The fraction of sp³-hybridized carbons (Fsp3) is 0.250. The normalized spacial score (nSPS) is 12.4. The second-order valence-corrected chi connectivity index (χ2v) is 5.03. The van der Waals surface area contributed by atoms with Crippen LogP contribution >= 0.6 is 11.6 Å². The van der Waals surface area contributed by atoms with Gasteiger partial charge in [0, 0.05) is 10.6 Å². The minimum absolute atomic E-state index is 0.305. The first kappa shape index (κ1) is 14.9. The lowest BCUT2D eigenvalue weighted by Crippen LogP contribution is -2.24. The summed E-state index contributed by atoms with van der Waals surface area (Å²) in [5, 5.41) is 3.57. The molecule has 0 amide bonds. The average molecular weight is 296 g/mol. The molecule has 0 bridgehead atoms. The van der Waals surface area contributed by atoms with Gasteiger partial charge in [0.2, 0.25) is 0 Å². The van der Waals surface area contributed by atoms with E-state index in [4.69, 9.17) is 11.6 Å². The Hall–Kier alpha value is -1.45. The SMILES string of the molecule is CCNC(c1ccc(F)cc1C)c1c(F)cccc1Cl. The van der Waals surface area contributed by atoms with Crippen LogP contribution in [0.2, 0.25) is 5.02 Å². The Morgan fingerprint density at radius 1 is 1.20 bits per heavy atom. The van der Waals surface area contributed by atoms with Crippen molar-refractivity contribution < 1.29 is 8.78 Å². The topological polar surface area (TPSA) is 12.0 Å². The lowest BCUT2D eigenvalue weighted by Gasteiger charge is -2.22. The molecule has 0 spiro atoms. The molecule has 0 aliphatic rings. The first-order valence-electron chi connectivity index (χ1n) is 6.48. The standard InChI is InChI=1S/C16H16ClF2N/c1-3-20-16(12-8-7-11(18)9-10(12)2)15-13(17)5-4-6-14(15)19/h4-9,16,20H,3H2,1-2H3. The third-order valence-corrected chi connectivity index (χ3v) is 3.57. The highest BCUT2D eigenvalue weighted by atomic mass is 35.5. The fourth-order valence-electron chi connectivity index (χ4n) is 2.32.